The van der Waals surface area contributed by atoms with Gasteiger partial charge in [0.15, 0.2) is 0 Å². The van der Waals surface area contributed by atoms with Gasteiger partial charge in [-0.25, -0.2) is 0 Å². The minimum atomic E-state index is 0.659. The normalized spacial score (nSPS) is 10.6. The second-order valence-corrected chi connectivity index (χ2v) is 3.94. The summed E-state index contributed by atoms with van der Waals surface area (Å²) >= 11 is 2.10. The first-order chi connectivity index (χ1) is 5.81. The molecule has 0 amide bonds. The summed E-state index contributed by atoms with van der Waals surface area (Å²) in [7, 11) is 3.39. The summed E-state index contributed by atoms with van der Waals surface area (Å²) in [6.45, 7) is 2.63. The summed E-state index contributed by atoms with van der Waals surface area (Å²) in [4.78, 5) is 12.2. The van der Waals surface area contributed by atoms with Crippen molar-refractivity contribution >= 4 is 36.7 Å². The lowest BCUT2D eigenvalue weighted by molar-refractivity contribution is -0.107. The van der Waals surface area contributed by atoms with Crippen LogP contribution in [0.3, 0.4) is 0 Å². The van der Waals surface area contributed by atoms with Crippen molar-refractivity contribution < 1.29 is 8.98 Å². The molecule has 0 rings (SSSR count). The van der Waals surface area contributed by atoms with E-state index in [1.165, 1.54) is 9.21 Å². The van der Waals surface area contributed by atoms with Gasteiger partial charge in [-0.2, -0.15) is 0 Å². The van der Waals surface area contributed by atoms with Crippen LogP contribution in [-0.4, -0.2) is 37.9 Å². The number of carbonyl (C=O) groups excluding carboxylic acids is 1. The Bertz CT molecular complexity index is 116. The first-order valence-corrected chi connectivity index (χ1v) is 7.12. The molecule has 0 aliphatic heterocycles. The van der Waals surface area contributed by atoms with Crippen molar-refractivity contribution in [3.8, 4) is 0 Å². The van der Waals surface area contributed by atoms with E-state index < -0.39 is 0 Å². The van der Waals surface area contributed by atoms with Gasteiger partial charge >= 0.3 is 0 Å². The fourth-order valence-corrected chi connectivity index (χ4v) is 1.46. The summed E-state index contributed by atoms with van der Waals surface area (Å²) in [6, 6.07) is 0. The predicted molar refractivity (Wildman–Crippen MR) is 60.4 cm³/mol. The van der Waals surface area contributed by atoms with E-state index in [9.17, 15) is 4.79 Å². The first kappa shape index (κ1) is 12.7. The highest BCUT2D eigenvalue weighted by atomic mass is 127. The van der Waals surface area contributed by atoms with Crippen LogP contribution in [0.4, 0.5) is 0 Å². The minimum absolute atomic E-state index is 0.659. The predicted octanol–water partition coefficient (Wildman–Crippen LogP) is 1.91. The Hall–Kier alpha value is 0.670. The van der Waals surface area contributed by atoms with Gasteiger partial charge in [0.2, 0.25) is 0 Å². The standard InChI is InChI=1S/C7H14INO2S/c1-9(4-2-3-6-10)5-7-11-12-8/h6H,2-5,7H2,1H3. The summed E-state index contributed by atoms with van der Waals surface area (Å²) in [5.74, 6) is 0. The summed E-state index contributed by atoms with van der Waals surface area (Å²) in [5.41, 5.74) is 0. The Kier molecular flexibility index (Phi) is 10.3. The van der Waals surface area contributed by atoms with Gasteiger partial charge in [-0.05, 0) is 20.0 Å². The molecule has 0 bridgehead atoms. The molecular weight excluding hydrogens is 289 g/mol. The number of unbranched alkanes of at least 4 members (excludes halogenated alkanes) is 1. The van der Waals surface area contributed by atoms with Gasteiger partial charge in [-0.3, -0.25) is 0 Å². The molecule has 0 heterocycles. The molecule has 5 heteroatoms. The average Bonchev–Trinajstić information content (AvgIpc) is 2.06. The average molecular weight is 303 g/mol. The highest BCUT2D eigenvalue weighted by Crippen LogP contribution is 2.11. The Labute approximate surface area is 90.0 Å². The van der Waals surface area contributed by atoms with E-state index in [0.717, 1.165) is 32.4 Å². The van der Waals surface area contributed by atoms with Crippen molar-refractivity contribution in [3.63, 3.8) is 0 Å². The summed E-state index contributed by atoms with van der Waals surface area (Å²) < 4.78 is 5.10. The molecule has 0 fully saturated rings. The molecule has 0 saturated carbocycles. The molecular formula is C7H14INO2S. The van der Waals surface area contributed by atoms with Gasteiger partial charge in [0.05, 0.1) is 15.8 Å². The number of likely N-dealkylation sites (N-methyl/N-ethyl adjacent to an activating group) is 1. The fourth-order valence-electron chi connectivity index (χ4n) is 0.781. The van der Waals surface area contributed by atoms with Crippen LogP contribution in [0, 0.1) is 0 Å². The van der Waals surface area contributed by atoms with Crippen LogP contribution in [0.2, 0.25) is 0 Å². The van der Waals surface area contributed by atoms with Gasteiger partial charge in [0, 0.05) is 34.2 Å². The highest BCUT2D eigenvalue weighted by molar-refractivity contribution is 14.2. The van der Waals surface area contributed by atoms with Crippen molar-refractivity contribution in [3.05, 3.63) is 0 Å². The highest BCUT2D eigenvalue weighted by Gasteiger charge is 1.96. The zero-order valence-electron chi connectivity index (χ0n) is 7.16. The maximum atomic E-state index is 10.00. The Balaban J connectivity index is 3.09. The van der Waals surface area contributed by atoms with Gasteiger partial charge in [0.1, 0.15) is 6.29 Å². The van der Waals surface area contributed by atoms with E-state index >= 15 is 0 Å². The van der Waals surface area contributed by atoms with Crippen LogP contribution in [0.15, 0.2) is 0 Å². The molecule has 0 radical (unpaired) electrons. The van der Waals surface area contributed by atoms with E-state index in [4.69, 9.17) is 4.18 Å². The molecule has 0 aliphatic rings. The molecule has 12 heavy (non-hydrogen) atoms. The monoisotopic (exact) mass is 303 g/mol. The third-order valence-electron chi connectivity index (χ3n) is 1.46. The van der Waals surface area contributed by atoms with Crippen molar-refractivity contribution in [2.45, 2.75) is 12.8 Å². The molecule has 0 aromatic heterocycles. The first-order valence-electron chi connectivity index (χ1n) is 3.83. The Morgan fingerprint density at radius 2 is 2.33 bits per heavy atom. The molecule has 0 aromatic rings. The van der Waals surface area contributed by atoms with Gasteiger partial charge in [0.25, 0.3) is 0 Å². The summed E-state index contributed by atoms with van der Waals surface area (Å²) in [5, 5.41) is 0. The second-order valence-electron chi connectivity index (χ2n) is 2.50. The number of carbonyl (C=O) groups is 1. The molecule has 0 saturated heterocycles. The number of aldehydes is 1. The molecule has 0 unspecified atom stereocenters. The lowest BCUT2D eigenvalue weighted by Gasteiger charge is -2.14. The van der Waals surface area contributed by atoms with E-state index in [1.54, 1.807) is 0 Å². The number of rotatable bonds is 8. The zero-order chi connectivity index (χ0) is 9.23. The van der Waals surface area contributed by atoms with E-state index in [1.807, 2.05) is 7.05 Å². The maximum absolute atomic E-state index is 10.00. The lowest BCUT2D eigenvalue weighted by Crippen LogP contribution is -2.23. The van der Waals surface area contributed by atoms with Crippen LogP contribution in [0.1, 0.15) is 12.8 Å². The van der Waals surface area contributed by atoms with Crippen LogP contribution < -0.4 is 0 Å². The molecule has 0 aliphatic carbocycles. The van der Waals surface area contributed by atoms with Crippen molar-refractivity contribution in [1.29, 1.82) is 0 Å². The number of hydrogen-bond donors (Lipinski definition) is 0. The van der Waals surface area contributed by atoms with E-state index in [2.05, 4.69) is 26.1 Å². The molecule has 3 nitrogen and oxygen atoms in total. The Morgan fingerprint density at radius 1 is 1.58 bits per heavy atom. The SMILES string of the molecule is CN(CCCC=O)CCOSI. The van der Waals surface area contributed by atoms with Gasteiger partial charge < -0.3 is 13.9 Å². The third-order valence-corrected chi connectivity index (χ3v) is 2.48. The number of hydrogen-bond acceptors (Lipinski definition) is 4. The third kappa shape index (κ3) is 8.76. The number of nitrogens with zero attached hydrogens (tertiary/aromatic N) is 1. The topological polar surface area (TPSA) is 29.5 Å². The quantitative estimate of drug-likeness (QED) is 0.296. The van der Waals surface area contributed by atoms with Crippen molar-refractivity contribution in [2.24, 2.45) is 0 Å². The second kappa shape index (κ2) is 9.76. The molecule has 0 atom stereocenters. The Morgan fingerprint density at radius 3 is 2.92 bits per heavy atom. The largest absolute Gasteiger partial charge is 0.304 e. The zero-order valence-corrected chi connectivity index (χ0v) is 10.1. The molecule has 0 N–H and O–H groups in total. The minimum Gasteiger partial charge on any atom is -0.304 e. The molecule has 0 spiro atoms. The smallest absolute Gasteiger partial charge is 0.120 e. The molecule has 0 aromatic carbocycles. The van der Waals surface area contributed by atoms with Crippen LogP contribution in [0.25, 0.3) is 0 Å². The van der Waals surface area contributed by atoms with Crippen LogP contribution in [-0.2, 0) is 8.98 Å². The summed E-state index contributed by atoms with van der Waals surface area (Å²) in [6.07, 6.45) is 2.56. The lowest BCUT2D eigenvalue weighted by atomic mass is 10.3. The maximum Gasteiger partial charge on any atom is 0.120 e. The molecule has 72 valence electrons. The van der Waals surface area contributed by atoms with E-state index in [0.29, 0.717) is 6.42 Å². The number of halogens is 1. The van der Waals surface area contributed by atoms with Gasteiger partial charge in [-0.1, -0.05) is 0 Å². The van der Waals surface area contributed by atoms with E-state index in [-0.39, 0.29) is 0 Å². The fraction of sp³-hybridized carbons (Fsp3) is 0.857. The van der Waals surface area contributed by atoms with Crippen LogP contribution in [0.5, 0.6) is 0 Å². The van der Waals surface area contributed by atoms with Gasteiger partial charge in [-0.15, -0.1) is 0 Å². The van der Waals surface area contributed by atoms with Crippen molar-refractivity contribution in [1.82, 2.24) is 4.90 Å². The van der Waals surface area contributed by atoms with Crippen LogP contribution >= 0.6 is 30.4 Å². The van der Waals surface area contributed by atoms with Crippen molar-refractivity contribution in [2.75, 3.05) is 26.7 Å².